The Labute approximate surface area is 200 Å². The highest BCUT2D eigenvalue weighted by molar-refractivity contribution is 5.99. The molecule has 1 aliphatic carbocycles. The van der Waals surface area contributed by atoms with Crippen LogP contribution in [0.4, 0.5) is 13.2 Å². The van der Waals surface area contributed by atoms with Gasteiger partial charge in [-0.15, -0.1) is 0 Å². The van der Waals surface area contributed by atoms with Gasteiger partial charge in [0.05, 0.1) is 0 Å². The van der Waals surface area contributed by atoms with Gasteiger partial charge in [-0.25, -0.2) is 0 Å². The topological polar surface area (TPSA) is 62.5 Å². The molecule has 6 nitrogen and oxygen atoms in total. The molecule has 0 radical (unpaired) electrons. The van der Waals surface area contributed by atoms with Crippen LogP contribution >= 0.6 is 0 Å². The Kier molecular flexibility index (Phi) is 5.21. The van der Waals surface area contributed by atoms with Crippen LogP contribution in [0.5, 0.6) is 0 Å². The summed E-state index contributed by atoms with van der Waals surface area (Å²) in [5, 5.41) is 3.46. The van der Waals surface area contributed by atoms with Crippen molar-refractivity contribution in [3.05, 3.63) is 71.1 Å². The van der Waals surface area contributed by atoms with E-state index in [-0.39, 0.29) is 23.8 Å². The average Bonchev–Trinajstić information content (AvgIpc) is 3.62. The maximum Gasteiger partial charge on any atom is 0.471 e. The predicted molar refractivity (Wildman–Crippen MR) is 121 cm³/mol. The lowest BCUT2D eigenvalue weighted by molar-refractivity contribution is -0.159. The van der Waals surface area contributed by atoms with Gasteiger partial charge in [-0.3, -0.25) is 9.69 Å². The lowest BCUT2D eigenvalue weighted by Gasteiger charge is -2.38. The molecule has 2 fully saturated rings. The number of amides is 1. The largest absolute Gasteiger partial charge is 0.471 e. The molecule has 0 spiro atoms. The van der Waals surface area contributed by atoms with E-state index in [2.05, 4.69) is 50.8 Å². The van der Waals surface area contributed by atoms with Crippen LogP contribution < -0.4 is 0 Å². The Morgan fingerprint density at radius 1 is 1.09 bits per heavy atom. The fourth-order valence-corrected chi connectivity index (χ4v) is 6.21. The van der Waals surface area contributed by atoms with Crippen LogP contribution in [0.15, 0.2) is 53.1 Å². The number of nitrogens with zero attached hydrogens (tertiary/aromatic N) is 4. The molecule has 9 heteroatoms. The lowest BCUT2D eigenvalue weighted by Crippen LogP contribution is -2.48. The maximum atomic E-state index is 13.5. The van der Waals surface area contributed by atoms with Gasteiger partial charge in [-0.05, 0) is 55.8 Å². The number of fused-ring (bicyclic) bond motifs is 2. The number of aromatic nitrogens is 2. The third-order valence-electron chi connectivity index (χ3n) is 7.90. The molecule has 2 aliphatic heterocycles. The Bertz CT molecular complexity index is 1260. The molecular formula is C26H25F3N4O2. The molecule has 0 N–H and O–H groups in total. The fourth-order valence-electron chi connectivity index (χ4n) is 6.21. The first-order chi connectivity index (χ1) is 16.8. The summed E-state index contributed by atoms with van der Waals surface area (Å²) in [6, 6.07) is 16.2. The molecule has 6 rings (SSSR count). The Hall–Kier alpha value is -3.20. The molecule has 1 saturated carbocycles. The summed E-state index contributed by atoms with van der Waals surface area (Å²) in [5.41, 5.74) is 2.99. The summed E-state index contributed by atoms with van der Waals surface area (Å²) < 4.78 is 43.0. The zero-order valence-electron chi connectivity index (χ0n) is 19.2. The zero-order valence-corrected chi connectivity index (χ0v) is 19.2. The van der Waals surface area contributed by atoms with Crippen LogP contribution in [0.2, 0.25) is 0 Å². The van der Waals surface area contributed by atoms with E-state index in [1.165, 1.54) is 5.56 Å². The van der Waals surface area contributed by atoms with Gasteiger partial charge in [-0.1, -0.05) is 47.6 Å². The van der Waals surface area contributed by atoms with Crippen LogP contribution in [-0.2, 0) is 12.7 Å². The summed E-state index contributed by atoms with van der Waals surface area (Å²) in [7, 11) is 0. The number of hydrogen-bond acceptors (Lipinski definition) is 5. The normalized spacial score (nSPS) is 25.2. The quantitative estimate of drug-likeness (QED) is 0.503. The van der Waals surface area contributed by atoms with E-state index in [1.807, 2.05) is 11.0 Å². The van der Waals surface area contributed by atoms with Gasteiger partial charge in [0.2, 0.25) is 5.82 Å². The first-order valence-corrected chi connectivity index (χ1v) is 12.0. The van der Waals surface area contributed by atoms with E-state index in [9.17, 15) is 18.0 Å². The van der Waals surface area contributed by atoms with E-state index < -0.39 is 12.1 Å². The van der Waals surface area contributed by atoms with Gasteiger partial charge in [0.15, 0.2) is 0 Å². The summed E-state index contributed by atoms with van der Waals surface area (Å²) in [4.78, 5) is 21.5. The molecule has 1 aromatic heterocycles. The number of rotatable bonds is 4. The number of hydrogen-bond donors (Lipinski definition) is 0. The molecule has 35 heavy (non-hydrogen) atoms. The van der Waals surface area contributed by atoms with E-state index in [4.69, 9.17) is 0 Å². The van der Waals surface area contributed by atoms with Gasteiger partial charge in [0, 0.05) is 35.8 Å². The number of benzene rings is 2. The highest BCUT2D eigenvalue weighted by atomic mass is 19.4. The van der Waals surface area contributed by atoms with Crippen molar-refractivity contribution in [3.63, 3.8) is 0 Å². The van der Waals surface area contributed by atoms with Crippen LogP contribution in [0.25, 0.3) is 11.4 Å². The molecule has 3 heterocycles. The summed E-state index contributed by atoms with van der Waals surface area (Å²) >= 11 is 0. The Morgan fingerprint density at radius 2 is 1.89 bits per heavy atom. The number of likely N-dealkylation sites (tertiary alicyclic amines) is 1. The van der Waals surface area contributed by atoms with Crippen molar-refractivity contribution in [3.8, 4) is 11.4 Å². The SMILES string of the molecule is C[C@H](c1ccccc1)N1CC[C@@H]2CC[C@@H](N3Cc4ccc(-c5noc(C(F)(F)F)n5)cc4C3=O)[C@@H]21. The van der Waals surface area contributed by atoms with Gasteiger partial charge in [-0.2, -0.15) is 18.2 Å². The van der Waals surface area contributed by atoms with Gasteiger partial charge >= 0.3 is 12.1 Å². The number of halogens is 3. The monoisotopic (exact) mass is 482 g/mol. The number of carbonyl (C=O) groups is 1. The van der Waals surface area contributed by atoms with Crippen molar-refractivity contribution in [2.75, 3.05) is 6.54 Å². The summed E-state index contributed by atoms with van der Waals surface area (Å²) in [6.45, 7) is 3.76. The third kappa shape index (κ3) is 3.73. The minimum absolute atomic E-state index is 0.0775. The molecule has 3 aromatic rings. The van der Waals surface area contributed by atoms with E-state index >= 15 is 0 Å². The van der Waals surface area contributed by atoms with Gasteiger partial charge < -0.3 is 9.42 Å². The molecule has 0 unspecified atom stereocenters. The van der Waals surface area contributed by atoms with Crippen molar-refractivity contribution in [2.45, 2.75) is 57.0 Å². The molecule has 0 bridgehead atoms. The third-order valence-corrected chi connectivity index (χ3v) is 7.90. The lowest BCUT2D eigenvalue weighted by atomic mass is 10.00. The Morgan fingerprint density at radius 3 is 2.63 bits per heavy atom. The molecule has 1 amide bonds. The van der Waals surface area contributed by atoms with Crippen molar-refractivity contribution in [1.29, 1.82) is 0 Å². The van der Waals surface area contributed by atoms with Gasteiger partial charge in [0.25, 0.3) is 5.91 Å². The number of carbonyl (C=O) groups excluding carboxylic acids is 1. The second-order valence-corrected chi connectivity index (χ2v) is 9.73. The van der Waals surface area contributed by atoms with E-state index in [1.54, 1.807) is 18.2 Å². The molecule has 1 saturated heterocycles. The van der Waals surface area contributed by atoms with Gasteiger partial charge in [0.1, 0.15) is 0 Å². The summed E-state index contributed by atoms with van der Waals surface area (Å²) in [6.07, 6.45) is -1.52. The average molecular weight is 483 g/mol. The minimum atomic E-state index is -4.71. The van der Waals surface area contributed by atoms with E-state index in [0.717, 1.165) is 31.4 Å². The van der Waals surface area contributed by atoms with Crippen LogP contribution in [0, 0.1) is 5.92 Å². The second kappa shape index (κ2) is 8.19. The first kappa shape index (κ1) is 22.3. The van der Waals surface area contributed by atoms with Crippen LogP contribution in [-0.4, -0.2) is 44.5 Å². The van der Waals surface area contributed by atoms with Crippen LogP contribution in [0.1, 0.15) is 59.6 Å². The van der Waals surface area contributed by atoms with Crippen molar-refractivity contribution in [2.24, 2.45) is 5.92 Å². The van der Waals surface area contributed by atoms with Crippen molar-refractivity contribution >= 4 is 5.91 Å². The minimum Gasteiger partial charge on any atom is -0.330 e. The van der Waals surface area contributed by atoms with Crippen LogP contribution in [0.3, 0.4) is 0 Å². The Balaban J connectivity index is 1.25. The predicted octanol–water partition coefficient (Wildman–Crippen LogP) is 5.33. The van der Waals surface area contributed by atoms with Crippen molar-refractivity contribution in [1.82, 2.24) is 19.9 Å². The second-order valence-electron chi connectivity index (χ2n) is 9.73. The zero-order chi connectivity index (χ0) is 24.3. The standard InChI is InChI=1S/C26H25F3N4O2/c1-15(16-5-3-2-4-6-16)32-12-11-17-9-10-21(22(17)32)33-14-19-8-7-18(13-20(19)24(33)34)23-30-25(35-31-23)26(27,28)29/h2-8,13,15,17,21-22H,9-12,14H2,1H3/t15-,17+,21-,22-/m1/s1. The molecule has 4 atom stereocenters. The smallest absolute Gasteiger partial charge is 0.330 e. The fraction of sp³-hybridized carbons (Fsp3) is 0.423. The maximum absolute atomic E-state index is 13.5. The summed E-state index contributed by atoms with van der Waals surface area (Å²) in [5.74, 6) is -1.08. The first-order valence-electron chi connectivity index (χ1n) is 12.0. The molecule has 2 aromatic carbocycles. The molecule has 3 aliphatic rings. The van der Waals surface area contributed by atoms with Crippen molar-refractivity contribution < 1.29 is 22.5 Å². The number of alkyl halides is 3. The highest BCUT2D eigenvalue weighted by Crippen LogP contribution is 2.45. The molecule has 182 valence electrons. The molecular weight excluding hydrogens is 457 g/mol. The highest BCUT2D eigenvalue weighted by Gasteiger charge is 2.50. The van der Waals surface area contributed by atoms with E-state index in [0.29, 0.717) is 29.6 Å².